The minimum Gasteiger partial charge on any atom is -0.389 e. The summed E-state index contributed by atoms with van der Waals surface area (Å²) in [4.78, 5) is 12.1. The fourth-order valence-electron chi connectivity index (χ4n) is 1.79. The van der Waals surface area contributed by atoms with E-state index in [2.05, 4.69) is 0 Å². The van der Waals surface area contributed by atoms with Gasteiger partial charge in [-0.05, 0) is 18.6 Å². The number of benzene rings is 1. The molecule has 0 radical (unpaired) electrons. The Labute approximate surface area is 97.4 Å². The van der Waals surface area contributed by atoms with Crippen molar-refractivity contribution in [3.8, 4) is 0 Å². The van der Waals surface area contributed by atoms with Crippen LogP contribution in [0.25, 0.3) is 0 Å². The van der Waals surface area contributed by atoms with E-state index < -0.39 is 4.92 Å². The predicted molar refractivity (Wildman–Crippen MR) is 61.1 cm³/mol. The van der Waals surface area contributed by atoms with E-state index in [0.717, 1.165) is 11.3 Å². The van der Waals surface area contributed by atoms with Gasteiger partial charge in [0, 0.05) is 24.8 Å². The summed E-state index contributed by atoms with van der Waals surface area (Å²) in [5.74, 6) is 0. The van der Waals surface area contributed by atoms with E-state index in [0.29, 0.717) is 13.1 Å². The molecule has 6 heteroatoms. The molecule has 1 heterocycles. The highest BCUT2D eigenvalue weighted by Gasteiger charge is 2.27. The van der Waals surface area contributed by atoms with Crippen LogP contribution in [0, 0.1) is 17.0 Å². The van der Waals surface area contributed by atoms with Crippen molar-refractivity contribution in [2.45, 2.75) is 13.0 Å². The number of β-amino-alcohol motifs (C(OH)–C–C–N with tert-alkyl or cyclic N) is 1. The lowest BCUT2D eigenvalue weighted by Gasteiger charge is -2.38. The maximum atomic E-state index is 10.7. The molecule has 1 aliphatic rings. The zero-order valence-electron chi connectivity index (χ0n) is 8.68. The van der Waals surface area contributed by atoms with Gasteiger partial charge in [-0.15, -0.1) is 0 Å². The van der Waals surface area contributed by atoms with Crippen molar-refractivity contribution in [1.82, 2.24) is 0 Å². The van der Waals surface area contributed by atoms with Crippen molar-refractivity contribution in [2.75, 3.05) is 18.0 Å². The molecule has 0 spiro atoms. The molecule has 1 aromatic rings. The lowest BCUT2D eigenvalue weighted by Crippen LogP contribution is -2.51. The Morgan fingerprint density at radius 2 is 2.19 bits per heavy atom. The van der Waals surface area contributed by atoms with Gasteiger partial charge in [0.2, 0.25) is 0 Å². The maximum Gasteiger partial charge on any atom is 0.288 e. The van der Waals surface area contributed by atoms with Crippen molar-refractivity contribution in [3.63, 3.8) is 0 Å². The summed E-state index contributed by atoms with van der Waals surface area (Å²) in [6.45, 7) is 2.90. The van der Waals surface area contributed by atoms with Gasteiger partial charge in [-0.25, -0.2) is 0 Å². The Balaban J connectivity index is 2.34. The van der Waals surface area contributed by atoms with Gasteiger partial charge in [-0.1, -0.05) is 11.6 Å². The van der Waals surface area contributed by atoms with Gasteiger partial charge in [-0.3, -0.25) is 10.1 Å². The highest BCUT2D eigenvalue weighted by Crippen LogP contribution is 2.34. The molecule has 1 aliphatic heterocycles. The van der Waals surface area contributed by atoms with Crippen molar-refractivity contribution in [1.29, 1.82) is 0 Å². The number of aliphatic hydroxyl groups excluding tert-OH is 1. The molecule has 1 N–H and O–H groups in total. The van der Waals surface area contributed by atoms with Crippen LogP contribution in [-0.2, 0) is 0 Å². The van der Waals surface area contributed by atoms with Crippen molar-refractivity contribution in [3.05, 3.63) is 32.8 Å². The number of aryl methyl sites for hydroxylation is 1. The molecule has 0 atom stereocenters. The van der Waals surface area contributed by atoms with Gasteiger partial charge in [-0.2, -0.15) is 0 Å². The number of nitro groups is 1. The summed E-state index contributed by atoms with van der Waals surface area (Å²) < 4.78 is 0. The van der Waals surface area contributed by atoms with Crippen molar-refractivity contribution >= 4 is 23.0 Å². The fourth-order valence-corrected chi connectivity index (χ4v) is 2.02. The molecule has 16 heavy (non-hydrogen) atoms. The molecule has 0 bridgehead atoms. The number of halogens is 1. The van der Waals surface area contributed by atoms with E-state index in [4.69, 9.17) is 11.6 Å². The highest BCUT2D eigenvalue weighted by molar-refractivity contribution is 6.33. The Morgan fingerprint density at radius 1 is 1.56 bits per heavy atom. The molecular weight excluding hydrogens is 232 g/mol. The second kappa shape index (κ2) is 3.92. The minimum absolute atomic E-state index is 0.0796. The average Bonchev–Trinajstić information content (AvgIpc) is 2.16. The first-order valence-electron chi connectivity index (χ1n) is 4.86. The number of nitrogens with zero attached hydrogens (tertiary/aromatic N) is 2. The lowest BCUT2D eigenvalue weighted by molar-refractivity contribution is -0.384. The molecule has 1 saturated heterocycles. The maximum absolute atomic E-state index is 10.7. The monoisotopic (exact) mass is 242 g/mol. The summed E-state index contributed by atoms with van der Waals surface area (Å²) >= 11 is 5.83. The second-order valence-electron chi connectivity index (χ2n) is 3.91. The summed E-state index contributed by atoms with van der Waals surface area (Å²) in [6, 6.07) is 3.04. The molecule has 5 nitrogen and oxygen atoms in total. The summed E-state index contributed by atoms with van der Waals surface area (Å²) in [5, 5.41) is 20.0. The van der Waals surface area contributed by atoms with Crippen LogP contribution in [0.2, 0.25) is 5.02 Å². The second-order valence-corrected chi connectivity index (χ2v) is 4.31. The normalized spacial score (nSPS) is 16.1. The van der Waals surface area contributed by atoms with Gasteiger partial charge in [0.15, 0.2) is 0 Å². The number of rotatable bonds is 2. The van der Waals surface area contributed by atoms with Gasteiger partial charge in [0.25, 0.3) is 5.69 Å². The molecule has 0 aromatic heterocycles. The van der Waals surface area contributed by atoms with E-state index in [1.165, 1.54) is 6.07 Å². The minimum atomic E-state index is -0.496. The first kappa shape index (κ1) is 11.2. The van der Waals surface area contributed by atoms with Crippen molar-refractivity contribution < 1.29 is 10.0 Å². The quantitative estimate of drug-likeness (QED) is 0.634. The number of nitro benzene ring substituents is 1. The van der Waals surface area contributed by atoms with Crippen molar-refractivity contribution in [2.24, 2.45) is 0 Å². The van der Waals surface area contributed by atoms with E-state index in [-0.39, 0.29) is 16.8 Å². The zero-order chi connectivity index (χ0) is 11.9. The Kier molecular flexibility index (Phi) is 2.73. The van der Waals surface area contributed by atoms with Crippen LogP contribution in [-0.4, -0.2) is 29.2 Å². The number of anilines is 1. The Hall–Kier alpha value is -1.33. The molecular formula is C10H11ClN2O3. The van der Waals surface area contributed by atoms with Crippen LogP contribution in [0.1, 0.15) is 5.56 Å². The molecule has 0 saturated carbocycles. The van der Waals surface area contributed by atoms with E-state index in [1.807, 2.05) is 4.90 Å². The van der Waals surface area contributed by atoms with Crippen LogP contribution in [0.5, 0.6) is 0 Å². The van der Waals surface area contributed by atoms with Crippen LogP contribution >= 0.6 is 11.6 Å². The van der Waals surface area contributed by atoms with Crippen LogP contribution in [0.15, 0.2) is 12.1 Å². The third-order valence-electron chi connectivity index (χ3n) is 2.67. The standard InChI is InChI=1S/C10H11ClN2O3/c1-6-2-10(13(15)16)8(11)3-9(6)12-4-7(14)5-12/h2-3,7,14H,4-5H2,1H3. The molecule has 1 fully saturated rings. The smallest absolute Gasteiger partial charge is 0.288 e. The van der Waals surface area contributed by atoms with Crippen LogP contribution < -0.4 is 4.90 Å². The molecule has 0 unspecified atom stereocenters. The average molecular weight is 243 g/mol. The molecule has 1 aromatic carbocycles. The van der Waals surface area contributed by atoms with Gasteiger partial charge in [0.1, 0.15) is 5.02 Å². The first-order valence-corrected chi connectivity index (χ1v) is 5.24. The van der Waals surface area contributed by atoms with E-state index >= 15 is 0 Å². The van der Waals surface area contributed by atoms with E-state index in [9.17, 15) is 15.2 Å². The third kappa shape index (κ3) is 1.83. The largest absolute Gasteiger partial charge is 0.389 e. The molecule has 2 rings (SSSR count). The van der Waals surface area contributed by atoms with Gasteiger partial charge in [0.05, 0.1) is 11.0 Å². The zero-order valence-corrected chi connectivity index (χ0v) is 9.44. The topological polar surface area (TPSA) is 66.6 Å². The van der Waals surface area contributed by atoms with E-state index in [1.54, 1.807) is 13.0 Å². The number of aliphatic hydroxyl groups is 1. The number of hydrogen-bond donors (Lipinski definition) is 1. The Bertz CT molecular complexity index is 444. The van der Waals surface area contributed by atoms with Gasteiger partial charge >= 0.3 is 0 Å². The third-order valence-corrected chi connectivity index (χ3v) is 2.97. The predicted octanol–water partition coefficient (Wildman–Crippen LogP) is 1.74. The highest BCUT2D eigenvalue weighted by atomic mass is 35.5. The Morgan fingerprint density at radius 3 is 2.69 bits per heavy atom. The SMILES string of the molecule is Cc1cc([N+](=O)[O-])c(Cl)cc1N1CC(O)C1. The summed E-state index contributed by atoms with van der Waals surface area (Å²) in [5.41, 5.74) is 1.56. The lowest BCUT2D eigenvalue weighted by atomic mass is 10.1. The fraction of sp³-hybridized carbons (Fsp3) is 0.400. The summed E-state index contributed by atoms with van der Waals surface area (Å²) in [6.07, 6.45) is -0.312. The van der Waals surface area contributed by atoms with Gasteiger partial charge < -0.3 is 10.0 Å². The van der Waals surface area contributed by atoms with Crippen LogP contribution in [0.3, 0.4) is 0 Å². The molecule has 86 valence electrons. The van der Waals surface area contributed by atoms with Crippen LogP contribution in [0.4, 0.5) is 11.4 Å². The number of hydrogen-bond acceptors (Lipinski definition) is 4. The molecule has 0 amide bonds. The summed E-state index contributed by atoms with van der Waals surface area (Å²) in [7, 11) is 0. The molecule has 0 aliphatic carbocycles. The first-order chi connectivity index (χ1) is 7.49.